The van der Waals surface area contributed by atoms with Crippen LogP contribution in [0.3, 0.4) is 0 Å². The first-order chi connectivity index (χ1) is 14.8. The Bertz CT molecular complexity index is 1140. The molecule has 1 aromatic carbocycles. The van der Waals surface area contributed by atoms with Crippen LogP contribution in [0.5, 0.6) is 0 Å². The predicted molar refractivity (Wildman–Crippen MR) is 112 cm³/mol. The van der Waals surface area contributed by atoms with Crippen molar-refractivity contribution in [2.75, 3.05) is 5.73 Å². The van der Waals surface area contributed by atoms with E-state index < -0.39 is 36.4 Å². The molecule has 3 aromatic rings. The minimum Gasteiger partial charge on any atom is -0.392 e. The van der Waals surface area contributed by atoms with Gasteiger partial charge in [0, 0.05) is 11.2 Å². The lowest BCUT2D eigenvalue weighted by Crippen LogP contribution is -2.34. The molecule has 0 saturated carbocycles. The van der Waals surface area contributed by atoms with Crippen LogP contribution in [0.2, 0.25) is 5.02 Å². The van der Waals surface area contributed by atoms with Crippen LogP contribution in [-0.4, -0.2) is 48.8 Å². The summed E-state index contributed by atoms with van der Waals surface area (Å²) in [5.41, 5.74) is 7.62. The van der Waals surface area contributed by atoms with E-state index in [0.717, 1.165) is 0 Å². The van der Waals surface area contributed by atoms with E-state index in [1.807, 2.05) is 30.7 Å². The highest BCUT2D eigenvalue weighted by Gasteiger charge is 2.58. The van der Waals surface area contributed by atoms with Crippen LogP contribution in [0.4, 0.5) is 5.82 Å². The Morgan fingerprint density at radius 2 is 2.00 bits per heavy atom. The molecule has 2 aliphatic rings. The molecule has 31 heavy (non-hydrogen) atoms. The molecule has 164 valence electrons. The molecule has 2 aromatic heterocycles. The van der Waals surface area contributed by atoms with Crippen molar-refractivity contribution in [2.24, 2.45) is 0 Å². The normalized spacial score (nSPS) is 28.2. The third kappa shape index (κ3) is 3.38. The van der Waals surface area contributed by atoms with Crippen molar-refractivity contribution in [2.45, 2.75) is 56.9 Å². The largest absolute Gasteiger partial charge is 0.392 e. The maximum absolute atomic E-state index is 11.2. The molecule has 4 N–H and O–H groups in total. The highest BCUT2D eigenvalue weighted by Crippen LogP contribution is 2.47. The van der Waals surface area contributed by atoms with Gasteiger partial charge in [-0.1, -0.05) is 17.7 Å². The number of aliphatic hydroxyl groups excluding tert-OH is 2. The number of ether oxygens (including phenoxy) is 3. The topological polar surface area (TPSA) is 125 Å². The standard InChI is InChI=1S/C21H23ClN4O5/c1-21(2)30-16-15(14(28)12-4-3-11(22)7-10(12)8-27)29-20(17(16)31-21)26-6-5-13-18(23)24-9-25-19(13)26/h3-7,9,14-17,20,27-28H,8H2,1-2H3,(H2,23,24,25)/t14-,15-,16-,17-,20-/m1/s1. The van der Waals surface area contributed by atoms with Gasteiger partial charge in [0.05, 0.1) is 12.0 Å². The molecule has 0 bridgehead atoms. The number of nitrogen functional groups attached to an aromatic ring is 1. The Morgan fingerprint density at radius 1 is 1.23 bits per heavy atom. The molecular weight excluding hydrogens is 424 g/mol. The number of nitrogens with zero attached hydrogens (tertiary/aromatic N) is 3. The van der Waals surface area contributed by atoms with Crippen LogP contribution in [-0.2, 0) is 20.8 Å². The number of anilines is 1. The molecule has 5 rings (SSSR count). The first-order valence-electron chi connectivity index (χ1n) is 9.94. The summed E-state index contributed by atoms with van der Waals surface area (Å²) in [5, 5.41) is 22.2. The van der Waals surface area contributed by atoms with E-state index in [2.05, 4.69) is 9.97 Å². The van der Waals surface area contributed by atoms with E-state index in [1.165, 1.54) is 6.33 Å². The van der Waals surface area contributed by atoms with Gasteiger partial charge in [0.15, 0.2) is 12.0 Å². The van der Waals surface area contributed by atoms with Crippen molar-refractivity contribution in [3.63, 3.8) is 0 Å². The molecule has 10 heteroatoms. The van der Waals surface area contributed by atoms with E-state index in [9.17, 15) is 10.2 Å². The summed E-state index contributed by atoms with van der Waals surface area (Å²) in [6, 6.07) is 6.79. The van der Waals surface area contributed by atoms with Gasteiger partial charge in [-0.25, -0.2) is 9.97 Å². The number of rotatable bonds is 4. The summed E-state index contributed by atoms with van der Waals surface area (Å²) in [4.78, 5) is 8.38. The van der Waals surface area contributed by atoms with E-state index >= 15 is 0 Å². The first kappa shape index (κ1) is 20.6. The van der Waals surface area contributed by atoms with Crippen LogP contribution in [0.1, 0.15) is 37.3 Å². The Balaban J connectivity index is 1.55. The lowest BCUT2D eigenvalue weighted by Gasteiger charge is -2.28. The summed E-state index contributed by atoms with van der Waals surface area (Å²) in [6.07, 6.45) is -0.272. The first-order valence-corrected chi connectivity index (χ1v) is 10.3. The Hall–Kier alpha value is -2.27. The number of hydrogen-bond donors (Lipinski definition) is 3. The van der Waals surface area contributed by atoms with E-state index in [0.29, 0.717) is 33.0 Å². The van der Waals surface area contributed by atoms with E-state index in [-0.39, 0.29) is 6.61 Å². The number of hydrogen-bond acceptors (Lipinski definition) is 8. The van der Waals surface area contributed by atoms with Crippen LogP contribution in [0.25, 0.3) is 11.0 Å². The molecule has 2 fully saturated rings. The van der Waals surface area contributed by atoms with Crippen molar-refractivity contribution in [3.8, 4) is 0 Å². The third-order valence-electron chi connectivity index (χ3n) is 5.78. The lowest BCUT2D eigenvalue weighted by molar-refractivity contribution is -0.207. The molecule has 2 aliphatic heterocycles. The van der Waals surface area contributed by atoms with Crippen molar-refractivity contribution >= 4 is 28.5 Å². The Morgan fingerprint density at radius 3 is 2.77 bits per heavy atom. The monoisotopic (exact) mass is 446 g/mol. The zero-order valence-electron chi connectivity index (χ0n) is 17.0. The number of nitrogens with two attached hydrogens (primary N) is 1. The average Bonchev–Trinajstić information content (AvgIpc) is 3.38. The number of halogens is 1. The van der Waals surface area contributed by atoms with Crippen LogP contribution in [0, 0.1) is 0 Å². The minimum absolute atomic E-state index is 0.265. The molecule has 4 heterocycles. The fraction of sp³-hybridized carbons (Fsp3) is 0.429. The molecule has 9 nitrogen and oxygen atoms in total. The number of fused-ring (bicyclic) bond motifs is 2. The SMILES string of the molecule is CC1(C)O[C@H]2[C@@H](O1)[C@H](n1ccc3c(N)ncnc31)O[C@@H]2[C@H](O)c1ccc(Cl)cc1CO. The second-order valence-electron chi connectivity index (χ2n) is 8.22. The summed E-state index contributed by atoms with van der Waals surface area (Å²) >= 11 is 6.05. The maximum Gasteiger partial charge on any atom is 0.164 e. The van der Waals surface area contributed by atoms with Crippen molar-refractivity contribution in [1.82, 2.24) is 14.5 Å². The van der Waals surface area contributed by atoms with Crippen LogP contribution in [0.15, 0.2) is 36.8 Å². The van der Waals surface area contributed by atoms with Gasteiger partial charge in [-0.05, 0) is 43.2 Å². The van der Waals surface area contributed by atoms with E-state index in [1.54, 1.807) is 18.2 Å². The van der Waals surface area contributed by atoms with Gasteiger partial charge >= 0.3 is 0 Å². The quantitative estimate of drug-likeness (QED) is 0.557. The average molecular weight is 447 g/mol. The van der Waals surface area contributed by atoms with Crippen LogP contribution >= 0.6 is 11.6 Å². The molecule has 5 atom stereocenters. The van der Waals surface area contributed by atoms with Gasteiger partial charge in [0.25, 0.3) is 0 Å². The van der Waals surface area contributed by atoms with Crippen LogP contribution < -0.4 is 5.73 Å². The van der Waals surface area contributed by atoms with Gasteiger partial charge < -0.3 is 34.7 Å². The van der Waals surface area contributed by atoms with Crippen molar-refractivity contribution in [3.05, 3.63) is 52.9 Å². The fourth-order valence-corrected chi connectivity index (χ4v) is 4.65. The van der Waals surface area contributed by atoms with E-state index in [4.69, 9.17) is 31.5 Å². The second kappa shape index (κ2) is 7.40. The second-order valence-corrected chi connectivity index (χ2v) is 8.66. The van der Waals surface area contributed by atoms with Gasteiger partial charge in [0.1, 0.15) is 42.2 Å². The zero-order valence-corrected chi connectivity index (χ0v) is 17.7. The number of benzene rings is 1. The minimum atomic E-state index is -1.07. The zero-order chi connectivity index (χ0) is 21.9. The summed E-state index contributed by atoms with van der Waals surface area (Å²) in [6.45, 7) is 3.38. The summed E-state index contributed by atoms with van der Waals surface area (Å²) in [5.74, 6) is -0.487. The van der Waals surface area contributed by atoms with Gasteiger partial charge in [-0.3, -0.25) is 0 Å². The third-order valence-corrected chi connectivity index (χ3v) is 6.02. The van der Waals surface area contributed by atoms with Crippen molar-refractivity contribution in [1.29, 1.82) is 0 Å². The Kier molecular flexibility index (Phi) is 4.93. The highest BCUT2D eigenvalue weighted by molar-refractivity contribution is 6.30. The smallest absolute Gasteiger partial charge is 0.164 e. The number of aromatic nitrogens is 3. The van der Waals surface area contributed by atoms with Gasteiger partial charge in [0.2, 0.25) is 0 Å². The molecule has 0 amide bonds. The summed E-state index contributed by atoms with van der Waals surface area (Å²) < 4.78 is 20.4. The Labute approximate surface area is 183 Å². The summed E-state index contributed by atoms with van der Waals surface area (Å²) in [7, 11) is 0. The predicted octanol–water partition coefficient (Wildman–Crippen LogP) is 2.31. The lowest BCUT2D eigenvalue weighted by atomic mass is 9.95. The van der Waals surface area contributed by atoms with Gasteiger partial charge in [-0.2, -0.15) is 0 Å². The van der Waals surface area contributed by atoms with Gasteiger partial charge in [-0.15, -0.1) is 0 Å². The highest BCUT2D eigenvalue weighted by atomic mass is 35.5. The molecule has 0 spiro atoms. The van der Waals surface area contributed by atoms with Crippen molar-refractivity contribution < 1.29 is 24.4 Å². The fourth-order valence-electron chi connectivity index (χ4n) is 4.46. The molecule has 2 saturated heterocycles. The molecule has 0 unspecified atom stereocenters. The maximum atomic E-state index is 11.2. The molecular formula is C21H23ClN4O5. The molecule has 0 aliphatic carbocycles. The number of aliphatic hydroxyl groups is 2. The molecule has 0 radical (unpaired) electrons.